The van der Waals surface area contributed by atoms with E-state index in [1.54, 1.807) is 13.8 Å². The lowest BCUT2D eigenvalue weighted by Gasteiger charge is -2.16. The third kappa shape index (κ3) is 7.30. The van der Waals surface area contributed by atoms with Crippen molar-refractivity contribution in [2.45, 2.75) is 66.7 Å². The molecule has 0 atom stereocenters. The Labute approximate surface area is 128 Å². The zero-order valence-corrected chi connectivity index (χ0v) is 14.2. The van der Waals surface area contributed by atoms with Gasteiger partial charge in [0, 0.05) is 5.57 Å². The zero-order valence-electron chi connectivity index (χ0n) is 14.2. The maximum Gasteiger partial charge on any atom is 0.334 e. The minimum Gasteiger partial charge on any atom is -0.463 e. The lowest BCUT2D eigenvalue weighted by atomic mass is 9.93. The minimum absolute atomic E-state index is 0.0605. The van der Waals surface area contributed by atoms with Gasteiger partial charge < -0.3 is 9.47 Å². The van der Waals surface area contributed by atoms with Crippen LogP contribution in [0.3, 0.4) is 0 Å². The molecule has 4 nitrogen and oxygen atoms in total. The summed E-state index contributed by atoms with van der Waals surface area (Å²) in [5, 5.41) is 0. The van der Waals surface area contributed by atoms with E-state index in [1.807, 2.05) is 13.8 Å². The summed E-state index contributed by atoms with van der Waals surface area (Å²) in [4.78, 5) is 24.3. The molecule has 0 aromatic rings. The summed E-state index contributed by atoms with van der Waals surface area (Å²) in [6.07, 6.45) is 4.77. The molecule has 0 unspecified atom stereocenters. The first-order chi connectivity index (χ1) is 9.99. The first-order valence-electron chi connectivity index (χ1n) is 8.06. The van der Waals surface area contributed by atoms with E-state index in [0.29, 0.717) is 30.8 Å². The van der Waals surface area contributed by atoms with Crippen molar-refractivity contribution < 1.29 is 19.1 Å². The molecule has 0 aliphatic carbocycles. The van der Waals surface area contributed by atoms with E-state index in [0.717, 1.165) is 25.7 Å². The Hall–Kier alpha value is -1.32. The Balaban J connectivity index is 5.27. The highest BCUT2D eigenvalue weighted by atomic mass is 16.5. The van der Waals surface area contributed by atoms with Gasteiger partial charge in [-0.3, -0.25) is 0 Å². The summed E-state index contributed by atoms with van der Waals surface area (Å²) in [6.45, 7) is 10.1. The number of rotatable bonds is 10. The third-order valence-electron chi connectivity index (χ3n) is 3.20. The highest BCUT2D eigenvalue weighted by Crippen LogP contribution is 2.23. The standard InChI is InChI=1S/C17H30O4/c1-6-9-10-11-12-14(16(18)20-7-2)15(13(4)5)17(19)21-8-3/h13H,6-12H2,1-5H3. The fraction of sp³-hybridized carbons (Fsp3) is 0.765. The average Bonchev–Trinajstić information content (AvgIpc) is 2.42. The molecule has 0 aliphatic heterocycles. The predicted octanol–water partition coefficient (Wildman–Crippen LogP) is 4.04. The van der Waals surface area contributed by atoms with Crippen molar-refractivity contribution in [3.63, 3.8) is 0 Å². The van der Waals surface area contributed by atoms with Crippen LogP contribution in [0.4, 0.5) is 0 Å². The van der Waals surface area contributed by atoms with Gasteiger partial charge in [-0.2, -0.15) is 0 Å². The van der Waals surface area contributed by atoms with Crippen LogP contribution in [0.15, 0.2) is 11.1 Å². The number of carbonyl (C=O) groups is 2. The monoisotopic (exact) mass is 298 g/mol. The van der Waals surface area contributed by atoms with Crippen molar-refractivity contribution in [1.82, 2.24) is 0 Å². The molecular weight excluding hydrogens is 268 g/mol. The largest absolute Gasteiger partial charge is 0.463 e. The maximum absolute atomic E-state index is 12.2. The molecule has 4 heteroatoms. The second kappa shape index (κ2) is 11.4. The van der Waals surface area contributed by atoms with Crippen LogP contribution >= 0.6 is 0 Å². The van der Waals surface area contributed by atoms with Crippen molar-refractivity contribution in [2.24, 2.45) is 5.92 Å². The number of esters is 2. The summed E-state index contributed by atoms with van der Waals surface area (Å²) in [7, 11) is 0. The van der Waals surface area contributed by atoms with E-state index >= 15 is 0 Å². The van der Waals surface area contributed by atoms with Gasteiger partial charge >= 0.3 is 11.9 Å². The Bertz CT molecular complexity index is 356. The van der Waals surface area contributed by atoms with Gasteiger partial charge in [0.15, 0.2) is 0 Å². The van der Waals surface area contributed by atoms with Gasteiger partial charge in [-0.1, -0.05) is 40.0 Å². The van der Waals surface area contributed by atoms with Crippen molar-refractivity contribution in [1.29, 1.82) is 0 Å². The van der Waals surface area contributed by atoms with Crippen molar-refractivity contribution in [3.05, 3.63) is 11.1 Å². The molecule has 0 aromatic heterocycles. The normalized spacial score (nSPS) is 12.1. The second-order valence-corrected chi connectivity index (χ2v) is 5.30. The molecule has 0 heterocycles. The topological polar surface area (TPSA) is 52.6 Å². The molecule has 0 radical (unpaired) electrons. The van der Waals surface area contributed by atoms with Crippen LogP contribution in [0, 0.1) is 5.92 Å². The lowest BCUT2D eigenvalue weighted by molar-refractivity contribution is -0.142. The van der Waals surface area contributed by atoms with Gasteiger partial charge in [-0.05, 0) is 32.6 Å². The van der Waals surface area contributed by atoms with Crippen LogP contribution in [0.5, 0.6) is 0 Å². The van der Waals surface area contributed by atoms with Gasteiger partial charge in [0.25, 0.3) is 0 Å². The van der Waals surface area contributed by atoms with E-state index in [9.17, 15) is 9.59 Å². The summed E-state index contributed by atoms with van der Waals surface area (Å²) >= 11 is 0. The van der Waals surface area contributed by atoms with Crippen molar-refractivity contribution in [3.8, 4) is 0 Å². The third-order valence-corrected chi connectivity index (χ3v) is 3.20. The van der Waals surface area contributed by atoms with Crippen LogP contribution in [-0.4, -0.2) is 25.2 Å². The van der Waals surface area contributed by atoms with Crippen LogP contribution < -0.4 is 0 Å². The van der Waals surface area contributed by atoms with Crippen LogP contribution in [-0.2, 0) is 19.1 Å². The highest BCUT2D eigenvalue weighted by molar-refractivity contribution is 6.00. The SMILES string of the molecule is CCCCCCC(C(=O)OCC)=C(C(=O)OCC)C(C)C. The lowest BCUT2D eigenvalue weighted by Crippen LogP contribution is -2.20. The maximum atomic E-state index is 12.2. The molecule has 0 fully saturated rings. The number of ether oxygens (including phenoxy) is 2. The van der Waals surface area contributed by atoms with Gasteiger partial charge in [-0.15, -0.1) is 0 Å². The van der Waals surface area contributed by atoms with Crippen molar-refractivity contribution in [2.75, 3.05) is 13.2 Å². The molecule has 0 bridgehead atoms. The number of unbranched alkanes of at least 4 members (excludes halogenated alkanes) is 3. The Kier molecular flexibility index (Phi) is 10.6. The smallest absolute Gasteiger partial charge is 0.334 e. The Morgan fingerprint density at radius 1 is 0.857 bits per heavy atom. The Morgan fingerprint density at radius 3 is 1.90 bits per heavy atom. The number of hydrogen-bond donors (Lipinski definition) is 0. The van der Waals surface area contributed by atoms with E-state index in [-0.39, 0.29) is 11.9 Å². The summed E-state index contributed by atoms with van der Waals surface area (Å²) in [5.74, 6) is -0.841. The Morgan fingerprint density at radius 2 is 1.43 bits per heavy atom. The van der Waals surface area contributed by atoms with Gasteiger partial charge in [0.1, 0.15) is 0 Å². The minimum atomic E-state index is -0.397. The fourth-order valence-electron chi connectivity index (χ4n) is 2.21. The molecular formula is C17H30O4. The van der Waals surface area contributed by atoms with Gasteiger partial charge in [0.05, 0.1) is 18.8 Å². The predicted molar refractivity (Wildman–Crippen MR) is 83.9 cm³/mol. The van der Waals surface area contributed by atoms with E-state index < -0.39 is 5.97 Å². The molecule has 21 heavy (non-hydrogen) atoms. The zero-order chi connectivity index (χ0) is 16.3. The molecule has 0 aliphatic rings. The molecule has 0 amide bonds. The van der Waals surface area contributed by atoms with Crippen LogP contribution in [0.1, 0.15) is 66.7 Å². The molecule has 0 aromatic carbocycles. The molecule has 0 saturated carbocycles. The molecule has 0 spiro atoms. The molecule has 0 saturated heterocycles. The van der Waals surface area contributed by atoms with Crippen molar-refractivity contribution >= 4 is 11.9 Å². The molecule has 122 valence electrons. The molecule has 0 rings (SSSR count). The van der Waals surface area contributed by atoms with Gasteiger partial charge in [0.2, 0.25) is 0 Å². The fourth-order valence-corrected chi connectivity index (χ4v) is 2.21. The van der Waals surface area contributed by atoms with E-state index in [1.165, 1.54) is 0 Å². The highest BCUT2D eigenvalue weighted by Gasteiger charge is 2.25. The summed E-state index contributed by atoms with van der Waals surface area (Å²) in [5.41, 5.74) is 0.952. The van der Waals surface area contributed by atoms with Crippen LogP contribution in [0.25, 0.3) is 0 Å². The van der Waals surface area contributed by atoms with E-state index in [4.69, 9.17) is 9.47 Å². The first kappa shape index (κ1) is 19.7. The molecule has 0 N–H and O–H groups in total. The quantitative estimate of drug-likeness (QED) is 0.347. The summed E-state index contributed by atoms with van der Waals surface area (Å²) < 4.78 is 10.2. The number of hydrogen-bond acceptors (Lipinski definition) is 4. The summed E-state index contributed by atoms with van der Waals surface area (Å²) in [6, 6.07) is 0. The van der Waals surface area contributed by atoms with Gasteiger partial charge in [-0.25, -0.2) is 9.59 Å². The van der Waals surface area contributed by atoms with E-state index in [2.05, 4.69) is 6.92 Å². The first-order valence-corrected chi connectivity index (χ1v) is 8.06. The second-order valence-electron chi connectivity index (χ2n) is 5.30. The number of carbonyl (C=O) groups excluding carboxylic acids is 2. The average molecular weight is 298 g/mol. The van der Waals surface area contributed by atoms with Crippen LogP contribution in [0.2, 0.25) is 0 Å².